The number of anilines is 2. The summed E-state index contributed by atoms with van der Waals surface area (Å²) in [6.07, 6.45) is 4.02. The molecule has 2 aromatic rings. The smallest absolute Gasteiger partial charge is 0.0675 e. The van der Waals surface area contributed by atoms with Gasteiger partial charge in [-0.1, -0.05) is 54.6 Å². The van der Waals surface area contributed by atoms with E-state index in [1.807, 2.05) is 65.6 Å². The largest absolute Gasteiger partial charge is 0.397 e. The topological polar surface area (TPSA) is 69.7 Å². The molecule has 0 atom stereocenters. The van der Waals surface area contributed by atoms with Crippen LogP contribution in [0.2, 0.25) is 0 Å². The van der Waals surface area contributed by atoms with E-state index in [1.54, 1.807) is 0 Å². The molecule has 0 aliphatic heterocycles. The summed E-state index contributed by atoms with van der Waals surface area (Å²) in [7, 11) is 0. The van der Waals surface area contributed by atoms with Crippen LogP contribution in [0.4, 0.5) is 11.4 Å². The van der Waals surface area contributed by atoms with Crippen molar-refractivity contribution in [2.24, 2.45) is 0 Å². The predicted molar refractivity (Wildman–Crippen MR) is 92.6 cm³/mol. The molecule has 0 saturated carbocycles. The van der Waals surface area contributed by atoms with E-state index in [0.29, 0.717) is 18.8 Å². The van der Waals surface area contributed by atoms with Gasteiger partial charge in [0.05, 0.1) is 24.6 Å². The zero-order valence-electron chi connectivity index (χ0n) is 12.5. The van der Waals surface area contributed by atoms with Gasteiger partial charge in [0, 0.05) is 13.1 Å². The molecule has 2 aromatic carbocycles. The Morgan fingerprint density at radius 2 is 1.55 bits per heavy atom. The molecule has 4 nitrogen and oxygen atoms in total. The van der Waals surface area contributed by atoms with Gasteiger partial charge in [-0.15, -0.1) is 0 Å². The molecular weight excluding hydrogens is 276 g/mol. The molecule has 4 N–H and O–H groups in total. The van der Waals surface area contributed by atoms with Crippen molar-refractivity contribution >= 4 is 23.5 Å². The van der Waals surface area contributed by atoms with E-state index in [2.05, 4.69) is 0 Å². The van der Waals surface area contributed by atoms with Crippen molar-refractivity contribution in [3.8, 4) is 0 Å². The van der Waals surface area contributed by atoms with Crippen LogP contribution in [0.15, 0.2) is 48.5 Å². The molecule has 0 saturated heterocycles. The standard InChI is InChI=1S/C18H22N2O2/c19-17-8-4-7-16(10-9-15-5-2-1-3-6-15)18(17)20(11-13-21)12-14-22/h1-10,21-22H,11-14,19H2. The van der Waals surface area contributed by atoms with E-state index in [0.717, 1.165) is 16.8 Å². The monoisotopic (exact) mass is 298 g/mol. The third kappa shape index (κ3) is 4.10. The van der Waals surface area contributed by atoms with Crippen LogP contribution in [0, 0.1) is 0 Å². The molecule has 0 aliphatic rings. The highest BCUT2D eigenvalue weighted by atomic mass is 16.3. The third-order valence-electron chi connectivity index (χ3n) is 3.41. The summed E-state index contributed by atoms with van der Waals surface area (Å²) in [5.41, 5.74) is 9.66. The van der Waals surface area contributed by atoms with Crippen molar-refractivity contribution in [2.45, 2.75) is 0 Å². The van der Waals surface area contributed by atoms with E-state index in [1.165, 1.54) is 0 Å². The number of aliphatic hydroxyl groups excluding tert-OH is 2. The molecular formula is C18H22N2O2. The highest BCUT2D eigenvalue weighted by molar-refractivity contribution is 5.83. The minimum Gasteiger partial charge on any atom is -0.397 e. The van der Waals surface area contributed by atoms with E-state index in [4.69, 9.17) is 5.73 Å². The van der Waals surface area contributed by atoms with Crippen LogP contribution in [-0.2, 0) is 0 Å². The van der Waals surface area contributed by atoms with E-state index >= 15 is 0 Å². The Morgan fingerprint density at radius 1 is 0.864 bits per heavy atom. The van der Waals surface area contributed by atoms with Crippen LogP contribution < -0.4 is 10.6 Å². The van der Waals surface area contributed by atoms with Crippen LogP contribution in [0.3, 0.4) is 0 Å². The lowest BCUT2D eigenvalue weighted by molar-refractivity contribution is 0.281. The first-order valence-corrected chi connectivity index (χ1v) is 7.34. The average Bonchev–Trinajstić information content (AvgIpc) is 2.54. The summed E-state index contributed by atoms with van der Waals surface area (Å²) in [5.74, 6) is 0. The molecule has 116 valence electrons. The molecule has 0 amide bonds. The first-order chi connectivity index (χ1) is 10.8. The fraction of sp³-hybridized carbons (Fsp3) is 0.222. The van der Waals surface area contributed by atoms with Gasteiger partial charge in [0.1, 0.15) is 0 Å². The minimum absolute atomic E-state index is 0.0101. The second-order valence-electron chi connectivity index (χ2n) is 4.96. The lowest BCUT2D eigenvalue weighted by Gasteiger charge is -2.26. The highest BCUT2D eigenvalue weighted by Crippen LogP contribution is 2.29. The number of hydrogen-bond donors (Lipinski definition) is 3. The van der Waals surface area contributed by atoms with Crippen LogP contribution in [-0.4, -0.2) is 36.5 Å². The molecule has 0 aliphatic carbocycles. The molecule has 0 spiro atoms. The zero-order chi connectivity index (χ0) is 15.8. The third-order valence-corrected chi connectivity index (χ3v) is 3.41. The summed E-state index contributed by atoms with van der Waals surface area (Å²) >= 11 is 0. The lowest BCUT2D eigenvalue weighted by Crippen LogP contribution is -2.31. The molecule has 0 aromatic heterocycles. The molecule has 0 bridgehead atoms. The molecule has 0 fully saturated rings. The first-order valence-electron chi connectivity index (χ1n) is 7.34. The summed E-state index contributed by atoms with van der Waals surface area (Å²) < 4.78 is 0. The molecule has 22 heavy (non-hydrogen) atoms. The predicted octanol–water partition coefficient (Wildman–Crippen LogP) is 2.23. The Bertz CT molecular complexity index is 606. The number of nitrogen functional groups attached to an aromatic ring is 1. The van der Waals surface area contributed by atoms with Crippen LogP contribution in [0.5, 0.6) is 0 Å². The highest BCUT2D eigenvalue weighted by Gasteiger charge is 2.12. The number of nitrogens with two attached hydrogens (primary N) is 1. The Kier molecular flexibility index (Phi) is 6.01. The minimum atomic E-state index is 0.0101. The van der Waals surface area contributed by atoms with Crippen molar-refractivity contribution in [2.75, 3.05) is 36.9 Å². The zero-order valence-corrected chi connectivity index (χ0v) is 12.5. The van der Waals surface area contributed by atoms with Crippen molar-refractivity contribution < 1.29 is 10.2 Å². The van der Waals surface area contributed by atoms with E-state index in [9.17, 15) is 10.2 Å². The van der Waals surface area contributed by atoms with Crippen LogP contribution >= 0.6 is 0 Å². The summed E-state index contributed by atoms with van der Waals surface area (Å²) in [5, 5.41) is 18.5. The van der Waals surface area contributed by atoms with Crippen molar-refractivity contribution in [1.29, 1.82) is 0 Å². The number of nitrogens with zero attached hydrogens (tertiary/aromatic N) is 1. The Hall–Kier alpha value is -2.30. The van der Waals surface area contributed by atoms with Gasteiger partial charge in [0.2, 0.25) is 0 Å². The fourth-order valence-corrected chi connectivity index (χ4v) is 2.41. The van der Waals surface area contributed by atoms with Crippen LogP contribution in [0.1, 0.15) is 11.1 Å². The number of aliphatic hydroxyl groups is 2. The normalized spacial score (nSPS) is 11.0. The van der Waals surface area contributed by atoms with Crippen molar-refractivity contribution in [3.05, 3.63) is 59.7 Å². The van der Waals surface area contributed by atoms with Crippen molar-refractivity contribution in [1.82, 2.24) is 0 Å². The van der Waals surface area contributed by atoms with Gasteiger partial charge in [-0.2, -0.15) is 0 Å². The molecule has 0 heterocycles. The lowest BCUT2D eigenvalue weighted by atomic mass is 10.1. The number of rotatable bonds is 7. The Balaban J connectivity index is 2.35. The summed E-state index contributed by atoms with van der Waals surface area (Å²) in [4.78, 5) is 1.90. The maximum absolute atomic E-state index is 9.23. The summed E-state index contributed by atoms with van der Waals surface area (Å²) in [6.45, 7) is 0.883. The molecule has 0 unspecified atom stereocenters. The molecule has 0 radical (unpaired) electrons. The Labute approximate surface area is 131 Å². The molecule has 2 rings (SSSR count). The number of hydrogen-bond acceptors (Lipinski definition) is 4. The fourth-order valence-electron chi connectivity index (χ4n) is 2.41. The van der Waals surface area contributed by atoms with E-state index < -0.39 is 0 Å². The van der Waals surface area contributed by atoms with Gasteiger partial charge in [0.15, 0.2) is 0 Å². The van der Waals surface area contributed by atoms with E-state index in [-0.39, 0.29) is 13.2 Å². The SMILES string of the molecule is Nc1cccc(C=Cc2ccccc2)c1N(CCO)CCO. The van der Waals surface area contributed by atoms with Gasteiger partial charge >= 0.3 is 0 Å². The second-order valence-corrected chi connectivity index (χ2v) is 4.96. The van der Waals surface area contributed by atoms with Gasteiger partial charge in [-0.25, -0.2) is 0 Å². The Morgan fingerprint density at radius 3 is 2.18 bits per heavy atom. The first kappa shape index (κ1) is 16.1. The van der Waals surface area contributed by atoms with Gasteiger partial charge in [-0.3, -0.25) is 0 Å². The number of para-hydroxylation sites is 1. The second kappa shape index (κ2) is 8.22. The number of benzene rings is 2. The summed E-state index contributed by atoms with van der Waals surface area (Å²) in [6, 6.07) is 15.7. The maximum atomic E-state index is 9.23. The maximum Gasteiger partial charge on any atom is 0.0675 e. The molecule has 4 heteroatoms. The van der Waals surface area contributed by atoms with Gasteiger partial charge < -0.3 is 20.8 Å². The quantitative estimate of drug-likeness (QED) is 0.541. The average molecular weight is 298 g/mol. The van der Waals surface area contributed by atoms with Crippen LogP contribution in [0.25, 0.3) is 12.2 Å². The van der Waals surface area contributed by atoms with Crippen molar-refractivity contribution in [3.63, 3.8) is 0 Å². The van der Waals surface area contributed by atoms with Gasteiger partial charge in [-0.05, 0) is 17.2 Å². The van der Waals surface area contributed by atoms with Gasteiger partial charge in [0.25, 0.3) is 0 Å².